The van der Waals surface area contributed by atoms with E-state index < -0.39 is 98.6 Å². The molecule has 0 aliphatic carbocycles. The van der Waals surface area contributed by atoms with E-state index in [4.69, 9.17) is 19.3 Å². The van der Waals surface area contributed by atoms with Gasteiger partial charge in [0.2, 0.25) is 0 Å². The summed E-state index contributed by atoms with van der Waals surface area (Å²) in [6, 6.07) is 0. The van der Waals surface area contributed by atoms with Crippen molar-refractivity contribution in [3.8, 4) is 0 Å². The molecule has 0 aromatic heterocycles. The molecule has 0 fully saturated rings. The van der Waals surface area contributed by atoms with Gasteiger partial charge in [-0.1, -0.05) is 0 Å². The molecule has 0 aliphatic heterocycles. The van der Waals surface area contributed by atoms with Crippen molar-refractivity contribution < 1.29 is 115 Å². The molecule has 0 aromatic carbocycles. The molecule has 0 heterocycles. The van der Waals surface area contributed by atoms with Gasteiger partial charge >= 0.3 is 47.9 Å². The van der Waals surface area contributed by atoms with Crippen LogP contribution in [0.2, 0.25) is 0 Å². The van der Waals surface area contributed by atoms with E-state index in [0.29, 0.717) is 0 Å². The van der Waals surface area contributed by atoms with Crippen LogP contribution in [-0.2, 0) is 20.2 Å². The SMILES string of the molecule is CC(O)CO.O=S(=O)(O)CCC(F)(F)C(F)(F)C(F)(F)C(F)(F)F.O=S(=O)(O)CCC(F)(F)C(F)(F)C(F)(F)C(F)(F)F. The molecule has 0 aliphatic rings. The minimum atomic E-state index is -7.07. The van der Waals surface area contributed by atoms with Crippen LogP contribution in [0.3, 0.4) is 0 Å². The smallest absolute Gasteiger partial charge is 0.394 e. The van der Waals surface area contributed by atoms with Crippen molar-refractivity contribution in [3.05, 3.63) is 0 Å². The fourth-order valence-electron chi connectivity index (χ4n) is 1.64. The van der Waals surface area contributed by atoms with E-state index in [-0.39, 0.29) is 6.61 Å². The number of rotatable bonds is 11. The third kappa shape index (κ3) is 12.8. The van der Waals surface area contributed by atoms with Gasteiger partial charge in [0, 0.05) is 12.8 Å². The molecule has 28 heteroatoms. The molecular weight excluding hydrogens is 714 g/mol. The Balaban J connectivity index is -0.000000642. The van der Waals surface area contributed by atoms with Crippen LogP contribution in [-0.4, -0.2) is 108 Å². The van der Waals surface area contributed by atoms with E-state index in [1.807, 2.05) is 0 Å². The van der Waals surface area contributed by atoms with Gasteiger partial charge in [0.05, 0.1) is 24.2 Å². The van der Waals surface area contributed by atoms with Gasteiger partial charge in [-0.15, -0.1) is 0 Å². The molecule has 1 atom stereocenters. The molecule has 0 radical (unpaired) electrons. The summed E-state index contributed by atoms with van der Waals surface area (Å²) in [5.74, 6) is -44.1. The first kappa shape index (κ1) is 45.9. The lowest BCUT2D eigenvalue weighted by molar-refractivity contribution is -0.396. The first-order valence-electron chi connectivity index (χ1n) is 9.78. The maximum Gasteiger partial charge on any atom is 0.460 e. The average molecular weight is 732 g/mol. The maximum atomic E-state index is 12.7. The molecule has 0 saturated carbocycles. The number of aliphatic hydroxyl groups excluding tert-OH is 2. The van der Waals surface area contributed by atoms with Crippen molar-refractivity contribution in [2.45, 2.75) is 73.8 Å². The number of hydrogen-bond acceptors (Lipinski definition) is 6. The van der Waals surface area contributed by atoms with Gasteiger partial charge in [0.15, 0.2) is 0 Å². The van der Waals surface area contributed by atoms with Crippen LogP contribution < -0.4 is 0 Å². The molecule has 0 aromatic rings. The molecule has 0 bridgehead atoms. The quantitative estimate of drug-likeness (QED) is 0.175. The molecule has 0 spiro atoms. The van der Waals surface area contributed by atoms with Crippen LogP contribution in [0.5, 0.6) is 0 Å². The summed E-state index contributed by atoms with van der Waals surface area (Å²) in [6.45, 7) is 1.39. The average Bonchev–Trinajstić information content (AvgIpc) is 2.74. The molecule has 264 valence electrons. The lowest BCUT2D eigenvalue weighted by Crippen LogP contribution is -2.61. The van der Waals surface area contributed by atoms with Crippen molar-refractivity contribution in [1.29, 1.82) is 0 Å². The van der Waals surface area contributed by atoms with E-state index in [2.05, 4.69) is 0 Å². The Labute approximate surface area is 228 Å². The summed E-state index contributed by atoms with van der Waals surface area (Å²) in [7, 11) is -10.5. The minimum absolute atomic E-state index is 0.139. The van der Waals surface area contributed by atoms with Crippen molar-refractivity contribution in [2.75, 3.05) is 18.1 Å². The third-order valence-electron chi connectivity index (χ3n) is 4.03. The van der Waals surface area contributed by atoms with Gasteiger partial charge in [-0.25, -0.2) is 0 Å². The van der Waals surface area contributed by atoms with Crippen LogP contribution in [0.15, 0.2) is 0 Å². The zero-order valence-corrected chi connectivity index (χ0v) is 21.8. The van der Waals surface area contributed by atoms with E-state index in [1.54, 1.807) is 0 Å². The van der Waals surface area contributed by atoms with Gasteiger partial charge < -0.3 is 10.2 Å². The highest BCUT2D eigenvalue weighted by Gasteiger charge is 2.82. The zero-order chi connectivity index (χ0) is 36.1. The molecule has 4 N–H and O–H groups in total. The summed E-state index contributed by atoms with van der Waals surface area (Å²) >= 11 is 0. The van der Waals surface area contributed by atoms with Gasteiger partial charge in [-0.3, -0.25) is 9.11 Å². The van der Waals surface area contributed by atoms with Crippen LogP contribution in [0.1, 0.15) is 19.8 Å². The molecule has 1 unspecified atom stereocenters. The fraction of sp³-hybridized carbons (Fsp3) is 1.00. The predicted molar refractivity (Wildman–Crippen MR) is 103 cm³/mol. The van der Waals surface area contributed by atoms with Gasteiger partial charge in [-0.2, -0.15) is 95.9 Å². The Morgan fingerprint density at radius 1 is 0.512 bits per heavy atom. The molecule has 0 saturated heterocycles. The van der Waals surface area contributed by atoms with E-state index in [1.165, 1.54) is 6.92 Å². The van der Waals surface area contributed by atoms with Gasteiger partial charge in [0.25, 0.3) is 20.2 Å². The highest BCUT2D eigenvalue weighted by atomic mass is 32.2. The molecular formula is C15H18F18O8S2. The standard InChI is InChI=1S/2C6H5F9O3S.C3H8O2/c2*7-3(8,1-2-19(16,17)18)4(9,10)5(11,12)6(13,14)15;1-3(5)2-4/h2*1-2H2,(H,16,17,18);3-5H,2H2,1H3. The second-order valence-electron chi connectivity index (χ2n) is 7.81. The second kappa shape index (κ2) is 14.3. The van der Waals surface area contributed by atoms with E-state index in [9.17, 15) is 95.9 Å². The summed E-state index contributed by atoms with van der Waals surface area (Å²) < 4.78 is 276. The Morgan fingerprint density at radius 2 is 0.698 bits per heavy atom. The predicted octanol–water partition coefficient (Wildman–Crippen LogP) is 4.82. The number of hydrogen-bond donors (Lipinski definition) is 4. The Hall–Kier alpha value is -1.52. The minimum Gasteiger partial charge on any atom is -0.394 e. The summed E-state index contributed by atoms with van der Waals surface area (Å²) in [6.07, 6.45) is -19.7. The van der Waals surface area contributed by atoms with Crippen molar-refractivity contribution >= 4 is 20.2 Å². The summed E-state index contributed by atoms with van der Waals surface area (Å²) in [4.78, 5) is 0. The third-order valence-corrected chi connectivity index (χ3v) is 5.47. The number of alkyl halides is 18. The molecule has 43 heavy (non-hydrogen) atoms. The highest BCUT2D eigenvalue weighted by Crippen LogP contribution is 2.55. The van der Waals surface area contributed by atoms with Crippen molar-refractivity contribution in [1.82, 2.24) is 0 Å². The van der Waals surface area contributed by atoms with Gasteiger partial charge in [-0.05, 0) is 6.92 Å². The highest BCUT2D eigenvalue weighted by molar-refractivity contribution is 7.86. The zero-order valence-electron chi connectivity index (χ0n) is 20.2. The van der Waals surface area contributed by atoms with Crippen molar-refractivity contribution in [2.24, 2.45) is 0 Å². The Morgan fingerprint density at radius 3 is 0.814 bits per heavy atom. The number of halogens is 18. The van der Waals surface area contributed by atoms with Crippen LogP contribution in [0, 0.1) is 0 Å². The first-order chi connectivity index (χ1) is 18.2. The molecule has 8 nitrogen and oxygen atoms in total. The molecule has 0 rings (SSSR count). The summed E-state index contributed by atoms with van der Waals surface area (Å²) in [5.41, 5.74) is 0. The van der Waals surface area contributed by atoms with Gasteiger partial charge in [0.1, 0.15) is 0 Å². The normalized spacial score (nSPS) is 15.6. The fourth-order valence-corrected chi connectivity index (χ4v) is 2.67. The largest absolute Gasteiger partial charge is 0.460 e. The van der Waals surface area contributed by atoms with Crippen LogP contribution in [0.4, 0.5) is 79.0 Å². The van der Waals surface area contributed by atoms with E-state index >= 15 is 0 Å². The number of aliphatic hydroxyl groups is 2. The molecule has 0 amide bonds. The van der Waals surface area contributed by atoms with Crippen molar-refractivity contribution in [3.63, 3.8) is 0 Å². The van der Waals surface area contributed by atoms with Crippen LogP contribution in [0.25, 0.3) is 0 Å². The van der Waals surface area contributed by atoms with Crippen LogP contribution >= 0.6 is 0 Å². The first-order valence-corrected chi connectivity index (χ1v) is 13.0. The lowest BCUT2D eigenvalue weighted by Gasteiger charge is -2.33. The topological polar surface area (TPSA) is 149 Å². The Kier molecular flexibility index (Phi) is 15.2. The monoisotopic (exact) mass is 732 g/mol. The Bertz CT molecular complexity index is 1000. The second-order valence-corrected chi connectivity index (χ2v) is 10.9. The summed E-state index contributed by atoms with van der Waals surface area (Å²) in [5, 5.41) is 16.0. The van der Waals surface area contributed by atoms with E-state index in [0.717, 1.165) is 0 Å². The maximum absolute atomic E-state index is 12.7. The lowest BCUT2D eigenvalue weighted by atomic mass is 10.0.